The van der Waals surface area contributed by atoms with Gasteiger partial charge in [0.25, 0.3) is 5.91 Å². The number of ketones is 2. The van der Waals surface area contributed by atoms with Crippen molar-refractivity contribution >= 4 is 23.6 Å². The molecule has 0 unspecified atom stereocenters. The van der Waals surface area contributed by atoms with Crippen LogP contribution in [-0.2, 0) is 41.3 Å². The fraction of sp³-hybridized carbons (Fsp3) is 0.583. The van der Waals surface area contributed by atoms with Gasteiger partial charge >= 0.3 is 12.3 Å². The van der Waals surface area contributed by atoms with E-state index in [0.717, 1.165) is 43.0 Å². The molecule has 4 saturated carbocycles. The lowest BCUT2D eigenvalue weighted by Gasteiger charge is -2.60. The molecule has 6 bridgehead atoms. The standard InChI is InChI=1S/C48H63F3N4O8/c1-27-16-36-41(53-14-15-55(26-31-10-12-35(13-11-31)48(49,50)51)47-23-32-19-33(24-47)21-34(20-32)25-47)38(56)22-37(43(36)58)54-45(59)28(2)8-7-9-39(61-5)44(63-46(52)60)30(4)18-29(3)42(57)40(17-27)62-6/h7-13,18,22,27,29,32-34,39-40,42,44,53,57H,14-17,19-21,23-26H2,1-6H3,(H2,52,60)(H,54,59)/b9-7-,28-8+,30-18+/t27-,29+,32?,33?,34?,39+,40+,42-,44+,47?/m1/s1. The largest absolute Gasteiger partial charge is 0.439 e. The molecule has 5 N–H and O–H groups in total. The zero-order valence-corrected chi connectivity index (χ0v) is 37.1. The molecule has 6 aliphatic rings. The van der Waals surface area contributed by atoms with Crippen LogP contribution in [0.5, 0.6) is 0 Å². The Morgan fingerprint density at radius 3 is 2.19 bits per heavy atom. The zero-order chi connectivity index (χ0) is 45.8. The van der Waals surface area contributed by atoms with Gasteiger partial charge in [0.15, 0.2) is 6.10 Å². The van der Waals surface area contributed by atoms with Crippen LogP contribution in [0.25, 0.3) is 0 Å². The van der Waals surface area contributed by atoms with Gasteiger partial charge in [0.2, 0.25) is 11.6 Å². The number of carbonyl (C=O) groups is 4. The molecular weight excluding hydrogens is 818 g/mol. The lowest BCUT2D eigenvalue weighted by atomic mass is 9.52. The summed E-state index contributed by atoms with van der Waals surface area (Å²) in [5, 5.41) is 17.5. The predicted molar refractivity (Wildman–Crippen MR) is 230 cm³/mol. The summed E-state index contributed by atoms with van der Waals surface area (Å²) in [6, 6.07) is 5.35. The van der Waals surface area contributed by atoms with E-state index in [1.807, 2.05) is 6.92 Å². The molecule has 1 aliphatic heterocycles. The highest BCUT2D eigenvalue weighted by Gasteiger charge is 2.53. The van der Waals surface area contributed by atoms with E-state index in [2.05, 4.69) is 15.5 Å². The van der Waals surface area contributed by atoms with Crippen molar-refractivity contribution in [2.45, 2.75) is 122 Å². The number of allylic oxidation sites excluding steroid dienone is 4. The van der Waals surface area contributed by atoms with Crippen LogP contribution < -0.4 is 16.4 Å². The molecular formula is C48H63F3N4O8. The van der Waals surface area contributed by atoms with Gasteiger partial charge in [0, 0.05) is 62.5 Å². The first kappa shape index (κ1) is 47.9. The molecule has 1 aromatic rings. The molecule has 15 heteroatoms. The van der Waals surface area contributed by atoms with Crippen molar-refractivity contribution in [3.05, 3.63) is 93.9 Å². The Bertz CT molecular complexity index is 2000. The highest BCUT2D eigenvalue weighted by atomic mass is 19.4. The lowest BCUT2D eigenvalue weighted by molar-refractivity contribution is -0.137. The molecule has 344 valence electrons. The van der Waals surface area contributed by atoms with E-state index in [4.69, 9.17) is 19.9 Å². The maximum atomic E-state index is 14.4. The number of primary amides is 1. The van der Waals surface area contributed by atoms with Crippen molar-refractivity contribution in [3.63, 3.8) is 0 Å². The van der Waals surface area contributed by atoms with E-state index in [1.54, 1.807) is 51.1 Å². The molecule has 7 rings (SSSR count). The number of fused-ring (bicyclic) bond motifs is 2. The lowest BCUT2D eigenvalue weighted by Crippen LogP contribution is -2.60. The third-order valence-corrected chi connectivity index (χ3v) is 13.8. The van der Waals surface area contributed by atoms with Crippen molar-refractivity contribution in [2.75, 3.05) is 27.3 Å². The van der Waals surface area contributed by atoms with Crippen LogP contribution in [0.3, 0.4) is 0 Å². The van der Waals surface area contributed by atoms with E-state index in [-0.39, 0.29) is 53.4 Å². The highest BCUT2D eigenvalue weighted by Crippen LogP contribution is 2.58. The molecule has 0 aromatic heterocycles. The number of nitrogens with two attached hydrogens (primary N) is 1. The van der Waals surface area contributed by atoms with E-state index >= 15 is 0 Å². The number of rotatable bonds is 10. The van der Waals surface area contributed by atoms with E-state index in [1.165, 1.54) is 39.6 Å². The summed E-state index contributed by atoms with van der Waals surface area (Å²) in [7, 11) is 2.91. The van der Waals surface area contributed by atoms with Crippen molar-refractivity contribution < 1.29 is 51.7 Å². The van der Waals surface area contributed by atoms with Crippen molar-refractivity contribution in [2.24, 2.45) is 35.3 Å². The monoisotopic (exact) mass is 880 g/mol. The number of halogens is 3. The number of hydrogen-bond acceptors (Lipinski definition) is 10. The number of aliphatic hydroxyl groups excluding tert-OH is 1. The number of ether oxygens (including phenoxy) is 3. The highest BCUT2D eigenvalue weighted by molar-refractivity contribution is 6.23. The number of Topliss-reactive ketones (excluding diaryl/α,β-unsaturated/α-hetero) is 1. The minimum atomic E-state index is -4.44. The first-order valence-corrected chi connectivity index (χ1v) is 22.0. The van der Waals surface area contributed by atoms with Gasteiger partial charge in [-0.15, -0.1) is 0 Å². The van der Waals surface area contributed by atoms with Crippen molar-refractivity contribution in [1.82, 2.24) is 15.5 Å². The summed E-state index contributed by atoms with van der Waals surface area (Å²) < 4.78 is 57.3. The summed E-state index contributed by atoms with van der Waals surface area (Å²) in [5.74, 6) is -0.590. The minimum Gasteiger partial charge on any atom is -0.439 e. The van der Waals surface area contributed by atoms with Gasteiger partial charge in [0.05, 0.1) is 29.2 Å². The fourth-order valence-electron chi connectivity index (χ4n) is 11.1. The summed E-state index contributed by atoms with van der Waals surface area (Å²) in [5.41, 5.74) is 6.29. The predicted octanol–water partition coefficient (Wildman–Crippen LogP) is 6.84. The number of hydrogen-bond donors (Lipinski definition) is 4. The fourth-order valence-corrected chi connectivity index (χ4v) is 11.1. The molecule has 1 heterocycles. The van der Waals surface area contributed by atoms with Gasteiger partial charge in [-0.1, -0.05) is 50.3 Å². The molecule has 0 spiro atoms. The van der Waals surface area contributed by atoms with E-state index in [0.29, 0.717) is 36.4 Å². The number of amides is 2. The van der Waals surface area contributed by atoms with Crippen LogP contribution in [0, 0.1) is 29.6 Å². The normalized spacial score (nSPS) is 34.2. The average molecular weight is 881 g/mol. The van der Waals surface area contributed by atoms with Crippen molar-refractivity contribution in [3.8, 4) is 0 Å². The summed E-state index contributed by atoms with van der Waals surface area (Å²) >= 11 is 0. The van der Waals surface area contributed by atoms with Gasteiger partial charge in [0.1, 0.15) is 6.10 Å². The van der Waals surface area contributed by atoms with Crippen molar-refractivity contribution in [1.29, 1.82) is 0 Å². The van der Waals surface area contributed by atoms with Gasteiger partial charge in [-0.25, -0.2) is 4.79 Å². The number of benzene rings is 1. The second kappa shape index (κ2) is 20.1. The van der Waals surface area contributed by atoms with Gasteiger partial charge in [-0.2, -0.15) is 13.2 Å². The molecule has 12 nitrogen and oxygen atoms in total. The van der Waals surface area contributed by atoms with Crippen LogP contribution >= 0.6 is 0 Å². The zero-order valence-electron chi connectivity index (χ0n) is 37.1. The second-order valence-electron chi connectivity index (χ2n) is 18.6. The summed E-state index contributed by atoms with van der Waals surface area (Å²) in [4.78, 5) is 56.3. The van der Waals surface area contributed by atoms with Gasteiger partial charge < -0.3 is 35.7 Å². The maximum Gasteiger partial charge on any atom is 0.416 e. The molecule has 6 atom stereocenters. The first-order chi connectivity index (χ1) is 29.8. The number of aliphatic hydroxyl groups is 1. The average Bonchev–Trinajstić information content (AvgIpc) is 3.21. The number of nitrogens with zero attached hydrogens (tertiary/aromatic N) is 1. The SMILES string of the molecule is CO[C@H]1/C=C\C=C(/C)C(=O)NC2=CC(=O)C(NCCN(Cc3ccc(C(F)(F)F)cc3)C34CC5CC(CC(C5)C3)C4)=C(C[C@@H](C)C[C@H](OC)[C@H](O)[C@@H](C)/C=C(\C)[C@@H]1OC(N)=O)C2=O. The Morgan fingerprint density at radius 2 is 1.62 bits per heavy atom. The van der Waals surface area contributed by atoms with Crippen LogP contribution in [0.2, 0.25) is 0 Å². The Kier molecular flexibility index (Phi) is 15.3. The maximum absolute atomic E-state index is 14.4. The molecule has 0 radical (unpaired) electrons. The quantitative estimate of drug-likeness (QED) is 0.144. The number of carbonyl (C=O) groups excluding carboxylic acids is 4. The summed E-state index contributed by atoms with van der Waals surface area (Å²) in [6.45, 7) is 8.16. The number of nitrogens with one attached hydrogen (secondary N) is 2. The topological polar surface area (TPSA) is 170 Å². The Morgan fingerprint density at radius 1 is 0.984 bits per heavy atom. The van der Waals surface area contributed by atoms with Crippen LogP contribution in [-0.4, -0.2) is 90.8 Å². The minimum absolute atomic E-state index is 0.113. The molecule has 2 amide bonds. The Hall–Kier alpha value is -4.57. The summed E-state index contributed by atoms with van der Waals surface area (Å²) in [6.07, 6.45) is 5.63. The Balaban J connectivity index is 1.29. The number of methoxy groups -OCH3 is 2. The van der Waals surface area contributed by atoms with Crippen LogP contribution in [0.15, 0.2) is 82.8 Å². The van der Waals surface area contributed by atoms with Gasteiger partial charge in [-0.3, -0.25) is 19.3 Å². The smallest absolute Gasteiger partial charge is 0.416 e. The van der Waals surface area contributed by atoms with Crippen LogP contribution in [0.1, 0.15) is 90.2 Å². The Labute approximate surface area is 368 Å². The molecule has 63 heavy (non-hydrogen) atoms. The first-order valence-electron chi connectivity index (χ1n) is 22.0. The molecule has 1 aromatic carbocycles. The molecule has 4 fully saturated rings. The molecule has 5 aliphatic carbocycles. The molecule has 0 saturated heterocycles. The van der Waals surface area contributed by atoms with E-state index < -0.39 is 65.6 Å². The number of alkyl halides is 3. The third kappa shape index (κ3) is 11.4. The van der Waals surface area contributed by atoms with Crippen LogP contribution in [0.4, 0.5) is 18.0 Å². The van der Waals surface area contributed by atoms with Gasteiger partial charge in [-0.05, 0) is 112 Å². The second-order valence-corrected chi connectivity index (χ2v) is 18.6. The third-order valence-electron chi connectivity index (χ3n) is 13.8. The van der Waals surface area contributed by atoms with E-state index in [9.17, 15) is 37.5 Å².